The van der Waals surface area contributed by atoms with Gasteiger partial charge in [-0.3, -0.25) is 4.79 Å². The smallest absolute Gasteiger partial charge is 0.251 e. The summed E-state index contributed by atoms with van der Waals surface area (Å²) in [7, 11) is 1.59. The van der Waals surface area contributed by atoms with E-state index < -0.39 is 0 Å². The minimum atomic E-state index is -0.296. The molecular formula is C30H38Cl2N2O5. The Balaban J connectivity index is 1.07. The van der Waals surface area contributed by atoms with Gasteiger partial charge < -0.3 is 29.2 Å². The Morgan fingerprint density at radius 2 is 1.77 bits per heavy atom. The van der Waals surface area contributed by atoms with Crippen LogP contribution in [-0.2, 0) is 15.9 Å². The van der Waals surface area contributed by atoms with Gasteiger partial charge >= 0.3 is 0 Å². The molecule has 1 aliphatic carbocycles. The highest BCUT2D eigenvalue weighted by Crippen LogP contribution is 2.38. The molecule has 2 aromatic carbocycles. The molecule has 2 aliphatic heterocycles. The van der Waals surface area contributed by atoms with Gasteiger partial charge in [0.2, 0.25) is 0 Å². The number of likely N-dealkylation sites (tertiary alicyclic amines) is 1. The van der Waals surface area contributed by atoms with Gasteiger partial charge in [0, 0.05) is 47.5 Å². The largest absolute Gasteiger partial charge is 0.493 e. The van der Waals surface area contributed by atoms with Gasteiger partial charge in [-0.15, -0.1) is 0 Å². The van der Waals surface area contributed by atoms with Crippen LogP contribution in [0.5, 0.6) is 11.5 Å². The van der Waals surface area contributed by atoms with E-state index in [-0.39, 0.29) is 11.7 Å². The maximum Gasteiger partial charge on any atom is 0.251 e. The number of carbonyl (C=O) groups is 1. The van der Waals surface area contributed by atoms with E-state index in [0.29, 0.717) is 58.6 Å². The van der Waals surface area contributed by atoms with Crippen molar-refractivity contribution in [3.63, 3.8) is 0 Å². The van der Waals surface area contributed by atoms with Gasteiger partial charge in [0.1, 0.15) is 0 Å². The molecule has 0 bridgehead atoms. The summed E-state index contributed by atoms with van der Waals surface area (Å²) in [6, 6.07) is 11.3. The number of nitrogens with zero attached hydrogens (tertiary/aromatic N) is 1. The Kier molecular flexibility index (Phi) is 9.56. The van der Waals surface area contributed by atoms with Gasteiger partial charge in [-0.25, -0.2) is 0 Å². The number of hydrogen-bond acceptors (Lipinski definition) is 6. The topological polar surface area (TPSA) is 69.3 Å². The highest BCUT2D eigenvalue weighted by Gasteiger charge is 2.41. The molecule has 9 heteroatoms. The van der Waals surface area contributed by atoms with Crippen molar-refractivity contribution in [2.24, 2.45) is 5.92 Å². The van der Waals surface area contributed by atoms with Gasteiger partial charge in [0.25, 0.3) is 5.91 Å². The third-order valence-corrected chi connectivity index (χ3v) is 8.90. The van der Waals surface area contributed by atoms with Crippen molar-refractivity contribution >= 4 is 29.1 Å². The molecular weight excluding hydrogens is 539 g/mol. The number of methoxy groups -OCH3 is 1. The molecule has 2 aromatic rings. The lowest BCUT2D eigenvalue weighted by molar-refractivity contribution is -0.184. The van der Waals surface area contributed by atoms with E-state index in [0.717, 1.165) is 70.4 Å². The average molecular weight is 578 g/mol. The van der Waals surface area contributed by atoms with Gasteiger partial charge in [-0.2, -0.15) is 0 Å². The summed E-state index contributed by atoms with van der Waals surface area (Å²) < 4.78 is 23.2. The Hall–Kier alpha value is -2.03. The van der Waals surface area contributed by atoms with Crippen molar-refractivity contribution in [1.29, 1.82) is 0 Å². The number of carbonyl (C=O) groups excluding carboxylic acids is 1. The maximum absolute atomic E-state index is 13.0. The monoisotopic (exact) mass is 576 g/mol. The van der Waals surface area contributed by atoms with Gasteiger partial charge in [-0.1, -0.05) is 29.3 Å². The lowest BCUT2D eigenvalue weighted by Crippen LogP contribution is -2.48. The predicted molar refractivity (Wildman–Crippen MR) is 152 cm³/mol. The number of nitrogens with one attached hydrogen (secondary N) is 1. The molecule has 212 valence electrons. The molecule has 3 fully saturated rings. The third kappa shape index (κ3) is 7.19. The van der Waals surface area contributed by atoms with E-state index in [4.69, 9.17) is 42.1 Å². The van der Waals surface area contributed by atoms with E-state index in [1.54, 1.807) is 31.4 Å². The molecule has 2 heterocycles. The Bertz CT molecular complexity index is 1120. The quantitative estimate of drug-likeness (QED) is 0.410. The van der Waals surface area contributed by atoms with Crippen molar-refractivity contribution in [2.45, 2.75) is 56.8 Å². The molecule has 0 aromatic heterocycles. The molecule has 3 aliphatic rings. The summed E-state index contributed by atoms with van der Waals surface area (Å²) in [5.74, 6) is 1.21. The Morgan fingerprint density at radius 1 is 1.03 bits per heavy atom. The highest BCUT2D eigenvalue weighted by molar-refractivity contribution is 6.35. The number of ether oxygens (including phenoxy) is 4. The molecule has 0 unspecified atom stereocenters. The van der Waals surface area contributed by atoms with Crippen molar-refractivity contribution in [2.75, 3.05) is 46.6 Å². The van der Waals surface area contributed by atoms with Crippen LogP contribution in [0.15, 0.2) is 36.4 Å². The highest BCUT2D eigenvalue weighted by atomic mass is 35.5. The first-order valence-electron chi connectivity index (χ1n) is 14.0. The van der Waals surface area contributed by atoms with Crippen molar-refractivity contribution in [1.82, 2.24) is 10.2 Å². The minimum Gasteiger partial charge on any atom is -0.493 e. The van der Waals surface area contributed by atoms with Crippen LogP contribution < -0.4 is 14.8 Å². The zero-order valence-corrected chi connectivity index (χ0v) is 24.1. The molecule has 1 saturated carbocycles. The van der Waals surface area contributed by atoms with Gasteiger partial charge in [-0.05, 0) is 80.6 Å². The molecule has 0 atom stereocenters. The SMILES string of the molecule is COc1ccc(C(=O)NCC2CCN(C3CCC4(CC3)OCCO4)CC2)cc1OCCc1ccc(Cl)cc1Cl. The summed E-state index contributed by atoms with van der Waals surface area (Å²) in [6.45, 7) is 4.69. The average Bonchev–Trinajstić information content (AvgIpc) is 3.41. The van der Waals surface area contributed by atoms with E-state index in [1.807, 2.05) is 12.1 Å². The van der Waals surface area contributed by atoms with Crippen molar-refractivity contribution < 1.29 is 23.7 Å². The second-order valence-corrected chi connectivity index (χ2v) is 11.6. The fourth-order valence-electron chi connectivity index (χ4n) is 5.98. The van der Waals surface area contributed by atoms with Crippen LogP contribution in [0.25, 0.3) is 0 Å². The molecule has 2 saturated heterocycles. The van der Waals surface area contributed by atoms with Gasteiger partial charge in [0.15, 0.2) is 17.3 Å². The number of piperidine rings is 1. The predicted octanol–water partition coefficient (Wildman–Crippen LogP) is 5.75. The minimum absolute atomic E-state index is 0.0974. The third-order valence-electron chi connectivity index (χ3n) is 8.32. The lowest BCUT2D eigenvalue weighted by atomic mass is 9.87. The second kappa shape index (κ2) is 13.1. The maximum atomic E-state index is 13.0. The van der Waals surface area contributed by atoms with E-state index in [2.05, 4.69) is 10.2 Å². The summed E-state index contributed by atoms with van der Waals surface area (Å²) in [4.78, 5) is 15.6. The van der Waals surface area contributed by atoms with Crippen LogP contribution >= 0.6 is 23.2 Å². The van der Waals surface area contributed by atoms with Crippen LogP contribution in [0.1, 0.15) is 54.4 Å². The number of rotatable bonds is 9. The number of amides is 1. The first-order chi connectivity index (χ1) is 18.9. The van der Waals surface area contributed by atoms with Crippen LogP contribution in [0.4, 0.5) is 0 Å². The fourth-order valence-corrected chi connectivity index (χ4v) is 6.48. The summed E-state index contributed by atoms with van der Waals surface area (Å²) in [5.41, 5.74) is 1.50. The van der Waals surface area contributed by atoms with Crippen molar-refractivity contribution in [3.05, 3.63) is 57.6 Å². The van der Waals surface area contributed by atoms with Crippen LogP contribution in [0.3, 0.4) is 0 Å². The van der Waals surface area contributed by atoms with Crippen LogP contribution in [-0.4, -0.2) is 69.2 Å². The summed E-state index contributed by atoms with van der Waals surface area (Å²) in [6.07, 6.45) is 7.06. The first-order valence-corrected chi connectivity index (χ1v) is 14.8. The first kappa shape index (κ1) is 28.5. The van der Waals surface area contributed by atoms with E-state index >= 15 is 0 Å². The number of halogens is 2. The molecule has 1 amide bonds. The molecule has 0 radical (unpaired) electrons. The molecule has 5 rings (SSSR count). The fraction of sp³-hybridized carbons (Fsp3) is 0.567. The van der Waals surface area contributed by atoms with E-state index in [1.165, 1.54) is 0 Å². The zero-order valence-electron chi connectivity index (χ0n) is 22.6. The molecule has 7 nitrogen and oxygen atoms in total. The van der Waals surface area contributed by atoms with Gasteiger partial charge in [0.05, 0.1) is 26.9 Å². The lowest BCUT2D eigenvalue weighted by Gasteiger charge is -2.43. The molecule has 39 heavy (non-hydrogen) atoms. The standard InChI is InChI=1S/C30H38Cl2N2O5/c1-36-27-5-3-23(18-28(27)37-15-10-22-2-4-24(31)19-26(22)32)29(35)33-20-21-8-13-34(14-9-21)25-6-11-30(12-7-25)38-16-17-39-30/h2-5,18-19,21,25H,6-17,20H2,1H3,(H,33,35). The van der Waals surface area contributed by atoms with Crippen molar-refractivity contribution in [3.8, 4) is 11.5 Å². The Morgan fingerprint density at radius 3 is 2.46 bits per heavy atom. The van der Waals surface area contributed by atoms with Crippen LogP contribution in [0, 0.1) is 5.92 Å². The van der Waals surface area contributed by atoms with E-state index in [9.17, 15) is 4.79 Å². The zero-order chi connectivity index (χ0) is 27.2. The van der Waals surface area contributed by atoms with Crippen LogP contribution in [0.2, 0.25) is 10.0 Å². The summed E-state index contributed by atoms with van der Waals surface area (Å²) in [5, 5.41) is 4.35. The number of benzene rings is 2. The normalized spacial score (nSPS) is 20.3. The molecule has 1 N–H and O–H groups in total. The number of hydrogen-bond donors (Lipinski definition) is 1. The second-order valence-electron chi connectivity index (χ2n) is 10.7. The molecule has 1 spiro atoms. The summed E-state index contributed by atoms with van der Waals surface area (Å²) >= 11 is 12.3. The Labute approximate surface area is 241 Å².